The zero-order chi connectivity index (χ0) is 31.4. The van der Waals surface area contributed by atoms with Crippen LogP contribution in [0.5, 0.6) is 5.75 Å². The zero-order valence-corrected chi connectivity index (χ0v) is 25.1. The van der Waals surface area contributed by atoms with E-state index in [0.717, 1.165) is 0 Å². The normalized spacial score (nSPS) is 13.8. The van der Waals surface area contributed by atoms with E-state index in [9.17, 15) is 24.0 Å². The number of amides is 2. The van der Waals surface area contributed by atoms with Crippen LogP contribution in [-0.4, -0.2) is 102 Å². The van der Waals surface area contributed by atoms with Gasteiger partial charge in [-0.15, -0.1) is 26.6 Å². The second kappa shape index (κ2) is 13.0. The van der Waals surface area contributed by atoms with Crippen LogP contribution in [0.3, 0.4) is 0 Å². The van der Waals surface area contributed by atoms with E-state index >= 15 is 0 Å². The van der Waals surface area contributed by atoms with Crippen molar-refractivity contribution in [3.63, 3.8) is 0 Å². The smallest absolute Gasteiger partial charge is 0.277 e. The molecule has 0 spiro atoms. The lowest BCUT2D eigenvalue weighted by molar-refractivity contribution is -0.102. The summed E-state index contributed by atoms with van der Waals surface area (Å²) in [6, 6.07) is 10.1. The number of anilines is 4. The summed E-state index contributed by atoms with van der Waals surface area (Å²) in [5.74, 6) is -2.43. The van der Waals surface area contributed by atoms with Gasteiger partial charge in [0.05, 0.1) is 35.9 Å². The van der Waals surface area contributed by atoms with Crippen molar-refractivity contribution >= 4 is 64.8 Å². The summed E-state index contributed by atoms with van der Waals surface area (Å²) in [5.41, 5.74) is 1.44. The number of thiazole rings is 1. The number of hydrogen-bond donors (Lipinski definition) is 5. The summed E-state index contributed by atoms with van der Waals surface area (Å²) in [6.45, 7) is 2.63. The van der Waals surface area contributed by atoms with Gasteiger partial charge in [0.15, 0.2) is 36.7 Å². The SMILES string of the molecule is [B]C(O)(O)NC(=O)c1nnc(Nc2ccc(C)nn2)cc1Nc1cccc(-c2ncc(C(=O)N3CCS(=O)CC3)s2)c1OC. The van der Waals surface area contributed by atoms with E-state index in [1.807, 2.05) is 5.32 Å². The van der Waals surface area contributed by atoms with E-state index < -0.39 is 22.5 Å². The predicted molar refractivity (Wildman–Crippen MR) is 164 cm³/mol. The topological polar surface area (TPSA) is 205 Å². The van der Waals surface area contributed by atoms with Crippen LogP contribution in [0.2, 0.25) is 0 Å². The molecule has 4 aromatic rings. The molecule has 0 bridgehead atoms. The Bertz CT molecular complexity index is 1710. The first-order valence-corrected chi connectivity index (χ1v) is 15.4. The Kier molecular flexibility index (Phi) is 9.14. The Balaban J connectivity index is 1.46. The minimum absolute atomic E-state index is 0.0947. The van der Waals surface area contributed by atoms with E-state index in [1.165, 1.54) is 30.7 Å². The molecule has 1 saturated heterocycles. The summed E-state index contributed by atoms with van der Waals surface area (Å²) in [7, 11) is 5.69. The first-order chi connectivity index (χ1) is 21.0. The van der Waals surface area contributed by atoms with Crippen LogP contribution in [0.25, 0.3) is 10.6 Å². The fourth-order valence-corrected chi connectivity index (χ4v) is 6.16. The second-order valence-electron chi connectivity index (χ2n) is 9.54. The Morgan fingerprint density at radius 3 is 2.48 bits per heavy atom. The van der Waals surface area contributed by atoms with Crippen molar-refractivity contribution in [3.8, 4) is 16.3 Å². The monoisotopic (exact) mass is 635 g/mol. The third kappa shape index (κ3) is 7.33. The van der Waals surface area contributed by atoms with Crippen LogP contribution in [0.4, 0.5) is 23.0 Å². The van der Waals surface area contributed by atoms with Crippen molar-refractivity contribution < 1.29 is 28.7 Å². The number of rotatable bonds is 9. The van der Waals surface area contributed by atoms with Crippen molar-refractivity contribution in [1.29, 1.82) is 0 Å². The number of carbonyl (C=O) groups excluding carboxylic acids is 2. The predicted octanol–water partition coefficient (Wildman–Crippen LogP) is 0.893. The lowest BCUT2D eigenvalue weighted by Gasteiger charge is -2.25. The molecule has 3 aromatic heterocycles. The average molecular weight is 635 g/mol. The van der Waals surface area contributed by atoms with Gasteiger partial charge >= 0.3 is 0 Å². The van der Waals surface area contributed by atoms with Gasteiger partial charge < -0.3 is 35.8 Å². The van der Waals surface area contributed by atoms with Gasteiger partial charge in [0.2, 0.25) is 0 Å². The minimum atomic E-state index is -3.01. The maximum atomic E-state index is 13.0. The van der Waals surface area contributed by atoms with Crippen molar-refractivity contribution in [2.24, 2.45) is 0 Å². The number of methoxy groups -OCH3 is 1. The molecule has 2 radical (unpaired) electrons. The van der Waals surface area contributed by atoms with Crippen LogP contribution < -0.4 is 20.7 Å². The lowest BCUT2D eigenvalue weighted by Crippen LogP contribution is -2.49. The van der Waals surface area contributed by atoms with Crippen molar-refractivity contribution in [3.05, 3.63) is 58.9 Å². The Hall–Kier alpha value is -4.52. The highest BCUT2D eigenvalue weighted by atomic mass is 32.2. The largest absolute Gasteiger partial charge is 0.494 e. The first kappa shape index (κ1) is 30.9. The Labute approximate surface area is 259 Å². The molecule has 0 unspecified atom stereocenters. The number of aliphatic hydroxyl groups is 2. The summed E-state index contributed by atoms with van der Waals surface area (Å²) in [4.78, 5) is 32.4. The highest BCUT2D eigenvalue weighted by molar-refractivity contribution is 7.85. The fourth-order valence-electron chi connectivity index (χ4n) is 4.20. The second-order valence-corrected chi connectivity index (χ2v) is 12.3. The number of para-hydroxylation sites is 1. The third-order valence-corrected chi connectivity index (χ3v) is 8.56. The van der Waals surface area contributed by atoms with E-state index in [0.29, 0.717) is 63.0 Å². The highest BCUT2D eigenvalue weighted by Gasteiger charge is 2.26. The number of aryl methyl sites for hydroxylation is 1. The molecule has 1 aliphatic heterocycles. The Morgan fingerprint density at radius 1 is 1.05 bits per heavy atom. The minimum Gasteiger partial charge on any atom is -0.494 e. The molecular weight excluding hydrogens is 609 g/mol. The molecule has 2 amide bonds. The van der Waals surface area contributed by atoms with Gasteiger partial charge in [0.1, 0.15) is 9.88 Å². The van der Waals surface area contributed by atoms with Crippen molar-refractivity contribution in [1.82, 2.24) is 35.6 Å². The number of hydrogen-bond acceptors (Lipinski definition) is 14. The highest BCUT2D eigenvalue weighted by Crippen LogP contribution is 2.40. The average Bonchev–Trinajstić information content (AvgIpc) is 3.48. The molecule has 1 fully saturated rings. The first-order valence-electron chi connectivity index (χ1n) is 13.1. The molecule has 5 rings (SSSR count). The Morgan fingerprint density at radius 2 is 1.80 bits per heavy atom. The molecule has 18 heteroatoms. The van der Waals surface area contributed by atoms with E-state index in [4.69, 9.17) is 12.6 Å². The standard InChI is InChI=1S/C26H26BN9O6S2/c1-14-6-7-19(33-32-14)30-20-12-17(21(35-34-20)23(37)31-26(27,39)40)29-16-5-3-4-15(22(16)42-2)24-28-13-18(43-24)25(38)36-8-10-44(41)11-9-36/h3-7,12-13,39-40H,8-11H2,1-2H3,(H,31,37)(H2,29,30,33,34). The van der Waals surface area contributed by atoms with Gasteiger partial charge in [0, 0.05) is 41.5 Å². The van der Waals surface area contributed by atoms with E-state index in [-0.39, 0.29) is 23.1 Å². The summed E-state index contributed by atoms with van der Waals surface area (Å²) in [6.07, 6.45) is 1.50. The van der Waals surface area contributed by atoms with Gasteiger partial charge in [-0.05, 0) is 31.2 Å². The molecule has 1 aromatic carbocycles. The van der Waals surface area contributed by atoms with Crippen LogP contribution >= 0.6 is 11.3 Å². The van der Waals surface area contributed by atoms with Gasteiger partial charge in [-0.1, -0.05) is 6.07 Å². The number of aromatic nitrogens is 5. The van der Waals surface area contributed by atoms with Crippen molar-refractivity contribution in [2.45, 2.75) is 12.7 Å². The molecular formula is C26H26BN9O6S2. The number of nitrogens with one attached hydrogen (secondary N) is 3. The number of nitrogens with zero attached hydrogens (tertiary/aromatic N) is 6. The van der Waals surface area contributed by atoms with Crippen LogP contribution in [0, 0.1) is 6.92 Å². The zero-order valence-electron chi connectivity index (χ0n) is 23.5. The number of benzene rings is 1. The molecule has 226 valence electrons. The quantitative estimate of drug-likeness (QED) is 0.128. The van der Waals surface area contributed by atoms with Gasteiger partial charge in [-0.3, -0.25) is 13.8 Å². The number of carbonyl (C=O) groups is 2. The van der Waals surface area contributed by atoms with Gasteiger partial charge in [0.25, 0.3) is 11.8 Å². The molecule has 0 saturated carbocycles. The molecule has 44 heavy (non-hydrogen) atoms. The van der Waals surface area contributed by atoms with Crippen LogP contribution in [0.1, 0.15) is 25.9 Å². The molecule has 1 aliphatic rings. The molecule has 5 N–H and O–H groups in total. The summed E-state index contributed by atoms with van der Waals surface area (Å²) >= 11 is 1.19. The van der Waals surface area contributed by atoms with E-state index in [2.05, 4.69) is 36.0 Å². The molecule has 0 atom stereocenters. The van der Waals surface area contributed by atoms with Crippen molar-refractivity contribution in [2.75, 3.05) is 42.3 Å². The molecule has 15 nitrogen and oxygen atoms in total. The third-order valence-electron chi connectivity index (χ3n) is 6.26. The van der Waals surface area contributed by atoms with E-state index in [1.54, 1.807) is 42.2 Å². The summed E-state index contributed by atoms with van der Waals surface area (Å²) in [5, 5.41) is 43.4. The number of ether oxygens (including phenoxy) is 1. The summed E-state index contributed by atoms with van der Waals surface area (Å²) < 4.78 is 17.4. The maximum absolute atomic E-state index is 13.0. The van der Waals surface area contributed by atoms with Crippen LogP contribution in [-0.2, 0) is 10.8 Å². The van der Waals surface area contributed by atoms with Gasteiger partial charge in [-0.2, -0.15) is 5.10 Å². The molecule has 0 aliphatic carbocycles. The van der Waals surface area contributed by atoms with Crippen LogP contribution in [0.15, 0.2) is 42.6 Å². The van der Waals surface area contributed by atoms with Gasteiger partial charge in [-0.25, -0.2) is 4.98 Å². The maximum Gasteiger partial charge on any atom is 0.277 e. The fraction of sp³-hybridized carbons (Fsp3) is 0.269. The lowest BCUT2D eigenvalue weighted by atomic mass is 10.0. The molecule has 4 heterocycles.